The van der Waals surface area contributed by atoms with Crippen molar-refractivity contribution in [3.8, 4) is 11.5 Å². The van der Waals surface area contributed by atoms with Gasteiger partial charge in [0.05, 0.1) is 13.2 Å². The van der Waals surface area contributed by atoms with E-state index in [0.717, 1.165) is 0 Å². The summed E-state index contributed by atoms with van der Waals surface area (Å²) >= 11 is 0. The first-order valence-electron chi connectivity index (χ1n) is 8.14. The van der Waals surface area contributed by atoms with Crippen molar-refractivity contribution >= 4 is 11.8 Å². The normalized spacial score (nSPS) is 13.8. The number of aliphatic hydroxyl groups is 2. The zero-order valence-electron chi connectivity index (χ0n) is 14.8. The molecular formula is C19H24O7. The van der Waals surface area contributed by atoms with Crippen molar-refractivity contribution in [1.82, 2.24) is 0 Å². The number of allylic oxidation sites excluding steroid dienone is 3. The number of carboxylic acids is 1. The molecule has 4 N–H and O–H groups in total. The zero-order chi connectivity index (χ0) is 19.7. The maximum atomic E-state index is 11.7. The van der Waals surface area contributed by atoms with Gasteiger partial charge in [-0.25, -0.2) is 4.79 Å². The van der Waals surface area contributed by atoms with E-state index >= 15 is 0 Å². The maximum absolute atomic E-state index is 11.7. The van der Waals surface area contributed by atoms with Gasteiger partial charge in [0.25, 0.3) is 0 Å². The minimum Gasteiger partial charge on any atom is -0.507 e. The van der Waals surface area contributed by atoms with Gasteiger partial charge in [0, 0.05) is 6.07 Å². The molecule has 1 aromatic carbocycles. The van der Waals surface area contributed by atoms with Gasteiger partial charge in [-0.3, -0.25) is 4.79 Å². The van der Waals surface area contributed by atoms with Crippen LogP contribution in [-0.2, 0) is 11.2 Å². The van der Waals surface area contributed by atoms with Crippen molar-refractivity contribution in [1.29, 1.82) is 0 Å². The van der Waals surface area contributed by atoms with Crippen molar-refractivity contribution in [3.05, 3.63) is 47.6 Å². The molecule has 0 saturated carbocycles. The van der Waals surface area contributed by atoms with Crippen LogP contribution in [0.1, 0.15) is 35.7 Å². The number of methoxy groups -OCH3 is 1. The summed E-state index contributed by atoms with van der Waals surface area (Å²) in [5.41, 5.74) is 0.113. The molecular weight excluding hydrogens is 340 g/mol. The van der Waals surface area contributed by atoms with Crippen LogP contribution in [0.5, 0.6) is 11.5 Å². The topological polar surface area (TPSA) is 124 Å². The van der Waals surface area contributed by atoms with Gasteiger partial charge >= 0.3 is 5.97 Å². The smallest absolute Gasteiger partial charge is 0.339 e. The minimum atomic E-state index is -1.55. The monoisotopic (exact) mass is 364 g/mol. The molecule has 0 radical (unpaired) electrons. The Balaban J connectivity index is 2.74. The standard InChI is InChI=1S/C19H24O7/c1-3-4-5-8-14(20)18(23)15(21)9-6-7-12-10-13(26-2)11-16(22)17(12)19(24)25/h3-5,8,10-11,15,18,21-23H,6-7,9H2,1-2H3,(H,24,25)/t15-,18-/m0/s1. The highest BCUT2D eigenvalue weighted by Crippen LogP contribution is 2.29. The number of ketones is 1. The lowest BCUT2D eigenvalue weighted by molar-refractivity contribution is -0.128. The molecule has 0 saturated heterocycles. The lowest BCUT2D eigenvalue weighted by Crippen LogP contribution is -2.32. The Morgan fingerprint density at radius 2 is 1.92 bits per heavy atom. The van der Waals surface area contributed by atoms with E-state index in [1.807, 2.05) is 0 Å². The van der Waals surface area contributed by atoms with Crippen molar-refractivity contribution in [3.63, 3.8) is 0 Å². The molecule has 0 amide bonds. The van der Waals surface area contributed by atoms with Crippen LogP contribution >= 0.6 is 0 Å². The average molecular weight is 364 g/mol. The number of ether oxygens (including phenoxy) is 1. The Labute approximate surface area is 151 Å². The third kappa shape index (κ3) is 6.02. The Morgan fingerprint density at radius 3 is 2.50 bits per heavy atom. The molecule has 7 heteroatoms. The molecule has 142 valence electrons. The van der Waals surface area contributed by atoms with Crippen LogP contribution in [0.4, 0.5) is 0 Å². The van der Waals surface area contributed by atoms with Crippen molar-refractivity contribution in [2.45, 2.75) is 38.4 Å². The van der Waals surface area contributed by atoms with E-state index in [-0.39, 0.29) is 18.4 Å². The van der Waals surface area contributed by atoms with Crippen molar-refractivity contribution in [2.75, 3.05) is 7.11 Å². The highest BCUT2D eigenvalue weighted by molar-refractivity contribution is 5.94. The van der Waals surface area contributed by atoms with Gasteiger partial charge in [-0.1, -0.05) is 18.2 Å². The van der Waals surface area contributed by atoms with Crippen LogP contribution in [0.3, 0.4) is 0 Å². The van der Waals surface area contributed by atoms with Crippen LogP contribution < -0.4 is 4.74 Å². The van der Waals surface area contributed by atoms with Gasteiger partial charge < -0.3 is 25.2 Å². The summed E-state index contributed by atoms with van der Waals surface area (Å²) < 4.78 is 5.01. The molecule has 2 atom stereocenters. The quantitative estimate of drug-likeness (QED) is 0.369. The molecule has 0 aliphatic heterocycles. The fraction of sp³-hybridized carbons (Fsp3) is 0.368. The largest absolute Gasteiger partial charge is 0.507 e. The van der Waals surface area contributed by atoms with E-state index in [0.29, 0.717) is 17.7 Å². The molecule has 7 nitrogen and oxygen atoms in total. The number of rotatable bonds is 10. The van der Waals surface area contributed by atoms with Crippen LogP contribution in [0, 0.1) is 0 Å². The maximum Gasteiger partial charge on any atom is 0.339 e. The van der Waals surface area contributed by atoms with E-state index in [2.05, 4.69) is 0 Å². The third-order valence-corrected chi connectivity index (χ3v) is 3.79. The Morgan fingerprint density at radius 1 is 1.23 bits per heavy atom. The predicted octanol–water partition coefficient (Wildman–Crippen LogP) is 1.84. The number of phenols is 1. The SMILES string of the molecule is CC=CC=CC(=O)[C@H](O)[C@@H](O)CCCc1cc(OC)cc(O)c1C(=O)O. The number of hydrogen-bond acceptors (Lipinski definition) is 6. The molecule has 0 aliphatic rings. The number of aliphatic hydroxyl groups excluding tert-OH is 2. The summed E-state index contributed by atoms with van der Waals surface area (Å²) in [6, 6.07) is 2.71. The molecule has 1 aromatic rings. The lowest BCUT2D eigenvalue weighted by Gasteiger charge is -2.16. The molecule has 0 bridgehead atoms. The molecule has 0 aliphatic carbocycles. The first kappa shape index (κ1) is 21.4. The Kier molecular flexibility index (Phi) is 8.54. The van der Waals surface area contributed by atoms with E-state index in [1.54, 1.807) is 19.1 Å². The molecule has 0 spiro atoms. The van der Waals surface area contributed by atoms with E-state index in [9.17, 15) is 30.0 Å². The van der Waals surface area contributed by atoms with Crippen LogP contribution in [0.25, 0.3) is 0 Å². The molecule has 0 fully saturated rings. The summed E-state index contributed by atoms with van der Waals surface area (Å²) in [5, 5.41) is 38.8. The molecule has 0 heterocycles. The summed E-state index contributed by atoms with van der Waals surface area (Å²) in [4.78, 5) is 23.0. The second-order valence-corrected chi connectivity index (χ2v) is 5.68. The number of aryl methyl sites for hydroxylation is 1. The van der Waals surface area contributed by atoms with Crippen LogP contribution in [0.2, 0.25) is 0 Å². The third-order valence-electron chi connectivity index (χ3n) is 3.79. The van der Waals surface area contributed by atoms with Gasteiger partial charge in [0.2, 0.25) is 0 Å². The number of benzene rings is 1. The van der Waals surface area contributed by atoms with Crippen molar-refractivity contribution < 1.29 is 34.8 Å². The van der Waals surface area contributed by atoms with Gasteiger partial charge in [-0.2, -0.15) is 0 Å². The van der Waals surface area contributed by atoms with Gasteiger partial charge in [-0.15, -0.1) is 0 Å². The number of aromatic hydroxyl groups is 1. The molecule has 1 rings (SSSR count). The zero-order valence-corrected chi connectivity index (χ0v) is 14.8. The first-order valence-corrected chi connectivity index (χ1v) is 8.14. The fourth-order valence-corrected chi connectivity index (χ4v) is 2.43. The van der Waals surface area contributed by atoms with Gasteiger partial charge in [-0.05, 0) is 43.9 Å². The number of aromatic carboxylic acids is 1. The summed E-state index contributed by atoms with van der Waals surface area (Å²) in [5.74, 6) is -1.98. The van der Waals surface area contributed by atoms with Crippen LogP contribution in [0.15, 0.2) is 36.4 Å². The number of hydrogen-bond donors (Lipinski definition) is 4. The van der Waals surface area contributed by atoms with E-state index in [1.165, 1.54) is 31.4 Å². The molecule has 0 aromatic heterocycles. The number of carboxylic acid groups (broad SMARTS) is 1. The minimum absolute atomic E-state index is 0.0847. The first-order chi connectivity index (χ1) is 12.3. The summed E-state index contributed by atoms with van der Waals surface area (Å²) in [6.45, 7) is 1.78. The van der Waals surface area contributed by atoms with E-state index in [4.69, 9.17) is 4.74 Å². The lowest BCUT2D eigenvalue weighted by atomic mass is 9.97. The molecule has 26 heavy (non-hydrogen) atoms. The van der Waals surface area contributed by atoms with Crippen molar-refractivity contribution in [2.24, 2.45) is 0 Å². The van der Waals surface area contributed by atoms with Gasteiger partial charge in [0.15, 0.2) is 5.78 Å². The number of carbonyl (C=O) groups excluding carboxylic acids is 1. The number of carbonyl (C=O) groups is 2. The summed E-state index contributed by atoms with van der Waals surface area (Å²) in [7, 11) is 1.39. The average Bonchev–Trinajstić information content (AvgIpc) is 2.60. The van der Waals surface area contributed by atoms with E-state index < -0.39 is 29.7 Å². The fourth-order valence-electron chi connectivity index (χ4n) is 2.43. The molecule has 0 unspecified atom stereocenters. The Hall–Kier alpha value is -2.64. The second kappa shape index (κ2) is 10.4. The highest BCUT2D eigenvalue weighted by atomic mass is 16.5. The summed E-state index contributed by atoms with van der Waals surface area (Å²) in [6.07, 6.45) is 3.78. The predicted molar refractivity (Wildman–Crippen MR) is 95.5 cm³/mol. The Bertz CT molecular complexity index is 691. The second-order valence-electron chi connectivity index (χ2n) is 5.68. The highest BCUT2D eigenvalue weighted by Gasteiger charge is 2.23. The van der Waals surface area contributed by atoms with Gasteiger partial charge in [0.1, 0.15) is 23.2 Å². The van der Waals surface area contributed by atoms with Crippen LogP contribution in [-0.4, -0.2) is 51.5 Å².